The Balaban J connectivity index is 1.58. The zero-order valence-electron chi connectivity index (χ0n) is 17.4. The van der Waals surface area contributed by atoms with Gasteiger partial charge in [-0.1, -0.05) is 84.6 Å². The standard InChI is InChI=1S/C26H26N2OS/c1-28-25(18-21-11-7-4-8-12-21)24(17-20-9-5-3-6-10-20)27-26(28)30-19-22-13-15-23(29-2)16-14-22/h3-16H,17-19H2,1-2H3. The summed E-state index contributed by atoms with van der Waals surface area (Å²) in [5.74, 6) is 1.76. The second kappa shape index (κ2) is 9.68. The zero-order valence-corrected chi connectivity index (χ0v) is 18.2. The summed E-state index contributed by atoms with van der Waals surface area (Å²) in [4.78, 5) is 5.05. The summed E-state index contributed by atoms with van der Waals surface area (Å²) in [7, 11) is 3.83. The average Bonchev–Trinajstić information content (AvgIpc) is 3.08. The fourth-order valence-corrected chi connectivity index (χ4v) is 4.47. The quantitative estimate of drug-likeness (QED) is 0.336. The molecule has 0 fully saturated rings. The van der Waals surface area contributed by atoms with Gasteiger partial charge in [-0.05, 0) is 28.8 Å². The first-order valence-corrected chi connectivity index (χ1v) is 11.1. The number of imidazole rings is 1. The van der Waals surface area contributed by atoms with Gasteiger partial charge in [0.25, 0.3) is 0 Å². The van der Waals surface area contributed by atoms with E-state index in [1.54, 1.807) is 18.9 Å². The molecule has 30 heavy (non-hydrogen) atoms. The molecule has 0 radical (unpaired) electrons. The monoisotopic (exact) mass is 414 g/mol. The third kappa shape index (κ3) is 4.95. The molecule has 0 aliphatic rings. The molecule has 0 unspecified atom stereocenters. The van der Waals surface area contributed by atoms with Crippen LogP contribution in [-0.4, -0.2) is 16.7 Å². The van der Waals surface area contributed by atoms with Gasteiger partial charge in [-0.3, -0.25) is 0 Å². The van der Waals surface area contributed by atoms with Crippen molar-refractivity contribution in [1.82, 2.24) is 9.55 Å². The highest BCUT2D eigenvalue weighted by Crippen LogP contribution is 2.27. The van der Waals surface area contributed by atoms with E-state index in [9.17, 15) is 0 Å². The van der Waals surface area contributed by atoms with E-state index < -0.39 is 0 Å². The minimum absolute atomic E-state index is 0.847. The molecule has 3 aromatic carbocycles. The minimum atomic E-state index is 0.847. The molecule has 0 aliphatic heterocycles. The fourth-order valence-electron chi connectivity index (χ4n) is 3.50. The molecular weight excluding hydrogens is 388 g/mol. The Labute approximate surface area is 182 Å². The van der Waals surface area contributed by atoms with Crippen molar-refractivity contribution in [2.45, 2.75) is 23.8 Å². The summed E-state index contributed by atoms with van der Waals surface area (Å²) in [6.45, 7) is 0. The van der Waals surface area contributed by atoms with Gasteiger partial charge in [0, 0.05) is 31.3 Å². The summed E-state index contributed by atoms with van der Waals surface area (Å²) in [6, 6.07) is 29.5. The van der Waals surface area contributed by atoms with E-state index in [1.807, 2.05) is 12.1 Å². The van der Waals surface area contributed by atoms with Gasteiger partial charge in [0.05, 0.1) is 12.8 Å². The van der Waals surface area contributed by atoms with Crippen molar-refractivity contribution in [2.24, 2.45) is 7.05 Å². The maximum atomic E-state index is 5.26. The Hall–Kier alpha value is -2.98. The summed E-state index contributed by atoms with van der Waals surface area (Å²) in [6.07, 6.45) is 1.73. The highest BCUT2D eigenvalue weighted by atomic mass is 32.2. The molecule has 4 aromatic rings. The second-order valence-corrected chi connectivity index (χ2v) is 8.25. The first-order chi connectivity index (χ1) is 14.7. The largest absolute Gasteiger partial charge is 0.497 e. The number of aromatic nitrogens is 2. The Morgan fingerprint density at radius 1 is 0.767 bits per heavy atom. The van der Waals surface area contributed by atoms with E-state index in [0.29, 0.717) is 0 Å². The summed E-state index contributed by atoms with van der Waals surface area (Å²) in [5, 5.41) is 1.06. The molecule has 0 N–H and O–H groups in total. The molecule has 0 saturated heterocycles. The van der Waals surface area contributed by atoms with Crippen LogP contribution < -0.4 is 4.74 Å². The molecule has 4 rings (SSSR count). The number of thioether (sulfide) groups is 1. The number of hydrogen-bond acceptors (Lipinski definition) is 3. The lowest BCUT2D eigenvalue weighted by Gasteiger charge is -2.08. The van der Waals surface area contributed by atoms with E-state index in [4.69, 9.17) is 9.72 Å². The van der Waals surface area contributed by atoms with Gasteiger partial charge in [0.1, 0.15) is 5.75 Å². The van der Waals surface area contributed by atoms with Crippen molar-refractivity contribution in [3.63, 3.8) is 0 Å². The maximum absolute atomic E-state index is 5.26. The molecule has 0 spiro atoms. The lowest BCUT2D eigenvalue weighted by molar-refractivity contribution is 0.414. The minimum Gasteiger partial charge on any atom is -0.497 e. The second-order valence-electron chi connectivity index (χ2n) is 7.31. The average molecular weight is 415 g/mol. The molecule has 4 heteroatoms. The van der Waals surface area contributed by atoms with Crippen molar-refractivity contribution < 1.29 is 4.74 Å². The molecule has 1 heterocycles. The van der Waals surface area contributed by atoms with Gasteiger partial charge in [0.2, 0.25) is 0 Å². The molecule has 0 aliphatic carbocycles. The van der Waals surface area contributed by atoms with Crippen LogP contribution in [0.3, 0.4) is 0 Å². The molecular formula is C26H26N2OS. The molecule has 0 saturated carbocycles. The van der Waals surface area contributed by atoms with Crippen molar-refractivity contribution in [3.8, 4) is 5.75 Å². The van der Waals surface area contributed by atoms with Crippen molar-refractivity contribution in [1.29, 1.82) is 0 Å². The Morgan fingerprint density at radius 3 is 1.97 bits per heavy atom. The van der Waals surface area contributed by atoms with Gasteiger partial charge >= 0.3 is 0 Å². The van der Waals surface area contributed by atoms with Crippen molar-refractivity contribution in [2.75, 3.05) is 7.11 Å². The van der Waals surface area contributed by atoms with Crippen molar-refractivity contribution >= 4 is 11.8 Å². The van der Waals surface area contributed by atoms with Crippen LogP contribution in [0.5, 0.6) is 5.75 Å². The normalized spacial score (nSPS) is 10.9. The van der Waals surface area contributed by atoms with Crippen molar-refractivity contribution in [3.05, 3.63) is 113 Å². The number of rotatable bonds is 8. The smallest absolute Gasteiger partial charge is 0.168 e. The summed E-state index contributed by atoms with van der Waals surface area (Å²) >= 11 is 1.78. The van der Waals surface area contributed by atoms with Gasteiger partial charge in [0.15, 0.2) is 5.16 Å². The van der Waals surface area contributed by atoms with E-state index >= 15 is 0 Å². The fraction of sp³-hybridized carbons (Fsp3) is 0.192. The zero-order chi connectivity index (χ0) is 20.8. The molecule has 1 aromatic heterocycles. The molecule has 0 amide bonds. The summed E-state index contributed by atoms with van der Waals surface area (Å²) in [5.41, 5.74) is 6.29. The van der Waals surface area contributed by atoms with Crippen LogP contribution in [0.1, 0.15) is 28.1 Å². The number of ether oxygens (including phenoxy) is 1. The van der Waals surface area contributed by atoms with Crippen LogP contribution in [0.15, 0.2) is 90.1 Å². The number of nitrogens with zero attached hydrogens (tertiary/aromatic N) is 2. The SMILES string of the molecule is COc1ccc(CSc2nc(Cc3ccccc3)c(Cc3ccccc3)n2C)cc1. The Morgan fingerprint density at radius 2 is 1.37 bits per heavy atom. The van der Waals surface area contributed by atoms with Gasteiger partial charge in [-0.15, -0.1) is 0 Å². The number of methoxy groups -OCH3 is 1. The molecule has 3 nitrogen and oxygen atoms in total. The highest BCUT2D eigenvalue weighted by Gasteiger charge is 2.16. The van der Waals surface area contributed by atoms with Crippen LogP contribution in [0, 0.1) is 0 Å². The molecule has 0 atom stereocenters. The van der Waals surface area contributed by atoms with Crippen LogP contribution in [0.25, 0.3) is 0 Å². The van der Waals surface area contributed by atoms with Crippen LogP contribution in [0.2, 0.25) is 0 Å². The first kappa shape index (κ1) is 20.3. The lowest BCUT2D eigenvalue weighted by atomic mass is 10.0. The van der Waals surface area contributed by atoms with Crippen LogP contribution in [-0.2, 0) is 25.6 Å². The maximum Gasteiger partial charge on any atom is 0.168 e. The Bertz CT molecular complexity index is 1070. The Kier molecular flexibility index (Phi) is 6.55. The number of hydrogen-bond donors (Lipinski definition) is 0. The third-order valence-corrected chi connectivity index (χ3v) is 6.31. The first-order valence-electron chi connectivity index (χ1n) is 10.1. The van der Waals surface area contributed by atoms with Gasteiger partial charge < -0.3 is 9.30 Å². The van der Waals surface area contributed by atoms with E-state index in [0.717, 1.165) is 35.2 Å². The van der Waals surface area contributed by atoms with Gasteiger partial charge in [-0.25, -0.2) is 4.98 Å². The molecule has 152 valence electrons. The van der Waals surface area contributed by atoms with E-state index in [-0.39, 0.29) is 0 Å². The lowest BCUT2D eigenvalue weighted by Crippen LogP contribution is -2.02. The van der Waals surface area contributed by atoms with Gasteiger partial charge in [-0.2, -0.15) is 0 Å². The van der Waals surface area contributed by atoms with Crippen LogP contribution in [0.4, 0.5) is 0 Å². The predicted octanol–water partition coefficient (Wildman–Crippen LogP) is 5.90. The van der Waals surface area contributed by atoms with E-state index in [2.05, 4.69) is 84.4 Å². The van der Waals surface area contributed by atoms with E-state index in [1.165, 1.54) is 22.4 Å². The number of benzene rings is 3. The third-order valence-electron chi connectivity index (χ3n) is 5.21. The summed E-state index contributed by atoms with van der Waals surface area (Å²) < 4.78 is 7.52. The van der Waals surface area contributed by atoms with Crippen LogP contribution >= 0.6 is 11.8 Å². The highest BCUT2D eigenvalue weighted by molar-refractivity contribution is 7.98. The molecule has 0 bridgehead atoms. The predicted molar refractivity (Wildman–Crippen MR) is 124 cm³/mol. The topological polar surface area (TPSA) is 27.1 Å².